The van der Waals surface area contributed by atoms with Crippen molar-refractivity contribution >= 4 is 5.91 Å². The Hall–Kier alpha value is -1.54. The lowest BCUT2D eigenvalue weighted by atomic mass is 10.5. The minimum atomic E-state index is -0.115. The Morgan fingerprint density at radius 3 is 3.13 bits per heavy atom. The van der Waals surface area contributed by atoms with E-state index in [-0.39, 0.29) is 19.0 Å². The average molecular weight is 214 g/mol. The number of nitrogens with one attached hydrogen (secondary N) is 3. The third-order valence-corrected chi connectivity index (χ3v) is 1.60. The number of aromatic amines is 1. The molecule has 8 nitrogen and oxygen atoms in total. The maximum Gasteiger partial charge on any atom is 0.234 e. The van der Waals surface area contributed by atoms with Crippen molar-refractivity contribution in [1.82, 2.24) is 31.3 Å². The number of hydrogen-bond acceptors (Lipinski definition) is 6. The summed E-state index contributed by atoms with van der Waals surface area (Å²) in [5.41, 5.74) is 0. The van der Waals surface area contributed by atoms with Crippen molar-refractivity contribution < 1.29 is 9.53 Å². The Bertz CT molecular complexity index is 275. The summed E-state index contributed by atoms with van der Waals surface area (Å²) in [6.45, 7) is 1.76. The molecule has 8 heteroatoms. The van der Waals surface area contributed by atoms with Crippen LogP contribution in [-0.4, -0.2) is 53.3 Å². The molecule has 0 aliphatic carbocycles. The van der Waals surface area contributed by atoms with Crippen LogP contribution < -0.4 is 10.6 Å². The monoisotopic (exact) mass is 214 g/mol. The fraction of sp³-hybridized carbons (Fsp3) is 0.714. The first-order valence-corrected chi connectivity index (χ1v) is 4.51. The summed E-state index contributed by atoms with van der Waals surface area (Å²) >= 11 is 0. The van der Waals surface area contributed by atoms with Gasteiger partial charge in [-0.15, -0.1) is 10.2 Å². The Balaban J connectivity index is 2.04. The molecule has 0 spiro atoms. The molecule has 0 saturated carbocycles. The van der Waals surface area contributed by atoms with Gasteiger partial charge in [0.1, 0.15) is 0 Å². The number of carbonyl (C=O) groups is 1. The Kier molecular flexibility index (Phi) is 5.26. The van der Waals surface area contributed by atoms with E-state index in [1.165, 1.54) is 0 Å². The summed E-state index contributed by atoms with van der Waals surface area (Å²) in [7, 11) is 1.61. The number of aromatic nitrogens is 4. The molecule has 0 unspecified atom stereocenters. The molecule has 0 fully saturated rings. The highest BCUT2D eigenvalue weighted by Gasteiger charge is 2.02. The molecule has 0 saturated heterocycles. The van der Waals surface area contributed by atoms with Crippen LogP contribution in [0.3, 0.4) is 0 Å². The Morgan fingerprint density at radius 1 is 1.60 bits per heavy atom. The van der Waals surface area contributed by atoms with E-state index in [2.05, 4.69) is 31.3 Å². The first kappa shape index (κ1) is 11.5. The van der Waals surface area contributed by atoms with Crippen LogP contribution in [0.15, 0.2) is 0 Å². The normalized spacial score (nSPS) is 10.2. The van der Waals surface area contributed by atoms with Crippen molar-refractivity contribution in [3.05, 3.63) is 5.82 Å². The van der Waals surface area contributed by atoms with E-state index in [9.17, 15) is 4.79 Å². The van der Waals surface area contributed by atoms with Gasteiger partial charge in [0.05, 0.1) is 19.7 Å². The van der Waals surface area contributed by atoms with Crippen LogP contribution in [0.25, 0.3) is 0 Å². The summed E-state index contributed by atoms with van der Waals surface area (Å²) in [6.07, 6.45) is 0. The van der Waals surface area contributed by atoms with Gasteiger partial charge in [-0.25, -0.2) is 0 Å². The predicted octanol–water partition coefficient (Wildman–Crippen LogP) is -1.95. The molecule has 1 aromatic rings. The fourth-order valence-electron chi connectivity index (χ4n) is 0.874. The number of carbonyl (C=O) groups excluding carboxylic acids is 1. The van der Waals surface area contributed by atoms with Gasteiger partial charge >= 0.3 is 0 Å². The molecule has 1 rings (SSSR count). The summed E-state index contributed by atoms with van der Waals surface area (Å²) in [5, 5.41) is 18.6. The van der Waals surface area contributed by atoms with Crippen molar-refractivity contribution in [2.45, 2.75) is 6.54 Å². The van der Waals surface area contributed by atoms with Crippen LogP contribution in [0.2, 0.25) is 0 Å². The van der Waals surface area contributed by atoms with Crippen LogP contribution >= 0.6 is 0 Å². The van der Waals surface area contributed by atoms with E-state index in [1.54, 1.807) is 7.11 Å². The summed E-state index contributed by atoms with van der Waals surface area (Å²) in [5.74, 6) is 0.344. The lowest BCUT2D eigenvalue weighted by molar-refractivity contribution is -0.120. The molecule has 0 aliphatic rings. The topological polar surface area (TPSA) is 105 Å². The maximum atomic E-state index is 11.2. The van der Waals surface area contributed by atoms with Gasteiger partial charge < -0.3 is 15.4 Å². The Morgan fingerprint density at radius 2 is 2.47 bits per heavy atom. The molecular formula is C7H14N6O2. The first-order valence-electron chi connectivity index (χ1n) is 4.51. The molecule has 1 heterocycles. The van der Waals surface area contributed by atoms with Crippen molar-refractivity contribution in [3.63, 3.8) is 0 Å². The van der Waals surface area contributed by atoms with Crippen LogP contribution in [0.5, 0.6) is 0 Å². The quantitative estimate of drug-likeness (QED) is 0.456. The van der Waals surface area contributed by atoms with Gasteiger partial charge in [-0.05, 0) is 0 Å². The molecule has 1 amide bonds. The second-order valence-electron chi connectivity index (χ2n) is 2.77. The fourth-order valence-corrected chi connectivity index (χ4v) is 0.874. The lowest BCUT2D eigenvalue weighted by Gasteiger charge is -2.03. The van der Waals surface area contributed by atoms with E-state index in [1.807, 2.05) is 0 Å². The number of ether oxygens (including phenoxy) is 1. The highest BCUT2D eigenvalue weighted by Crippen LogP contribution is 1.80. The zero-order valence-electron chi connectivity index (χ0n) is 8.49. The number of H-pyrrole nitrogens is 1. The molecule has 3 N–H and O–H groups in total. The van der Waals surface area contributed by atoms with Crippen LogP contribution in [-0.2, 0) is 16.1 Å². The highest BCUT2D eigenvalue weighted by molar-refractivity contribution is 5.77. The molecule has 84 valence electrons. The van der Waals surface area contributed by atoms with Gasteiger partial charge in [-0.3, -0.25) is 4.79 Å². The van der Waals surface area contributed by atoms with Crippen molar-refractivity contribution in [2.24, 2.45) is 0 Å². The highest BCUT2D eigenvalue weighted by atomic mass is 16.5. The van der Waals surface area contributed by atoms with Crippen LogP contribution in [0, 0.1) is 0 Å². The largest absolute Gasteiger partial charge is 0.383 e. The zero-order valence-corrected chi connectivity index (χ0v) is 8.49. The van der Waals surface area contributed by atoms with Crippen molar-refractivity contribution in [1.29, 1.82) is 0 Å². The third-order valence-electron chi connectivity index (χ3n) is 1.60. The average Bonchev–Trinajstić information content (AvgIpc) is 2.74. The Labute approximate surface area is 86.8 Å². The summed E-state index contributed by atoms with van der Waals surface area (Å²) in [6, 6.07) is 0. The van der Waals surface area contributed by atoms with Crippen LogP contribution in [0.1, 0.15) is 5.82 Å². The molecule has 0 atom stereocenters. The van der Waals surface area contributed by atoms with Crippen molar-refractivity contribution in [3.8, 4) is 0 Å². The number of tetrazole rings is 1. The summed E-state index contributed by atoms with van der Waals surface area (Å²) < 4.78 is 4.82. The molecule has 1 aromatic heterocycles. The number of hydrogen-bond donors (Lipinski definition) is 3. The third kappa shape index (κ3) is 5.03. The molecular weight excluding hydrogens is 200 g/mol. The molecule has 15 heavy (non-hydrogen) atoms. The number of methoxy groups -OCH3 is 1. The van der Waals surface area contributed by atoms with Gasteiger partial charge in [-0.1, -0.05) is 5.21 Å². The lowest BCUT2D eigenvalue weighted by Crippen LogP contribution is -2.35. The van der Waals surface area contributed by atoms with Gasteiger partial charge in [0.2, 0.25) is 5.91 Å². The number of amides is 1. The predicted molar refractivity (Wildman–Crippen MR) is 50.8 cm³/mol. The molecule has 0 aliphatic heterocycles. The number of nitrogens with zero attached hydrogens (tertiary/aromatic N) is 3. The first-order chi connectivity index (χ1) is 7.33. The van der Waals surface area contributed by atoms with E-state index >= 15 is 0 Å². The van der Waals surface area contributed by atoms with Gasteiger partial charge in [0, 0.05) is 13.7 Å². The summed E-state index contributed by atoms with van der Waals surface area (Å²) in [4.78, 5) is 11.2. The van der Waals surface area contributed by atoms with Crippen LogP contribution in [0.4, 0.5) is 0 Å². The smallest absolute Gasteiger partial charge is 0.234 e. The second kappa shape index (κ2) is 6.85. The van der Waals surface area contributed by atoms with Gasteiger partial charge in [0.25, 0.3) is 0 Å². The molecule has 0 bridgehead atoms. The van der Waals surface area contributed by atoms with Gasteiger partial charge in [0.15, 0.2) is 5.82 Å². The minimum absolute atomic E-state index is 0.115. The minimum Gasteiger partial charge on any atom is -0.383 e. The number of rotatable bonds is 7. The van der Waals surface area contributed by atoms with Crippen molar-refractivity contribution in [2.75, 3.05) is 26.8 Å². The SMILES string of the molecule is COCCNCC(=O)NCc1nn[nH]n1. The standard InChI is InChI=1S/C7H14N6O2/c1-15-3-2-8-5-7(14)9-4-6-10-12-13-11-6/h8H,2-5H2,1H3,(H,9,14)(H,10,11,12,13). The zero-order chi connectivity index (χ0) is 10.9. The molecule has 0 aromatic carbocycles. The van der Waals surface area contributed by atoms with E-state index < -0.39 is 0 Å². The van der Waals surface area contributed by atoms with E-state index in [4.69, 9.17) is 4.74 Å². The maximum absolute atomic E-state index is 11.2. The van der Waals surface area contributed by atoms with E-state index in [0.717, 1.165) is 0 Å². The second-order valence-corrected chi connectivity index (χ2v) is 2.77. The van der Waals surface area contributed by atoms with Gasteiger partial charge in [-0.2, -0.15) is 5.21 Å². The molecule has 0 radical (unpaired) electrons. The van der Waals surface area contributed by atoms with E-state index in [0.29, 0.717) is 19.0 Å².